The number of ether oxygens (including phenoxy) is 2. The summed E-state index contributed by atoms with van der Waals surface area (Å²) in [5.41, 5.74) is 2.39. The maximum atomic E-state index is 13.7. The molecule has 0 unspecified atom stereocenters. The van der Waals surface area contributed by atoms with Gasteiger partial charge in [-0.25, -0.2) is 0 Å². The lowest BCUT2D eigenvalue weighted by Crippen LogP contribution is -2.30. The van der Waals surface area contributed by atoms with Crippen molar-refractivity contribution in [2.75, 3.05) is 14.2 Å². The van der Waals surface area contributed by atoms with Crippen molar-refractivity contribution in [3.8, 4) is 5.75 Å². The molecule has 6 heteroatoms. The molecule has 0 aliphatic rings. The quantitative estimate of drug-likeness (QED) is 0.377. The number of hydrogen-bond donors (Lipinski definition) is 0. The third kappa shape index (κ3) is 4.10. The number of benzene rings is 2. The Hall–Kier alpha value is -3.09. The molecule has 5 nitrogen and oxygen atoms in total. The first kappa shape index (κ1) is 20.2. The molecule has 0 N–H and O–H groups in total. The molecule has 0 atom stereocenters. The van der Waals surface area contributed by atoms with Crippen molar-refractivity contribution in [1.29, 1.82) is 0 Å². The third-order valence-corrected chi connectivity index (χ3v) is 5.81. The second kappa shape index (κ2) is 9.15. The third-order valence-electron chi connectivity index (χ3n) is 4.95. The first-order chi connectivity index (χ1) is 14.7. The van der Waals surface area contributed by atoms with E-state index >= 15 is 0 Å². The zero-order chi connectivity index (χ0) is 20.9. The summed E-state index contributed by atoms with van der Waals surface area (Å²) in [7, 11) is 3.26. The topological polar surface area (TPSA) is 51.9 Å². The number of amides is 1. The lowest BCUT2D eigenvalue weighted by Gasteiger charge is -2.23. The van der Waals surface area contributed by atoms with Gasteiger partial charge in [0.25, 0.3) is 5.91 Å². The Kier molecular flexibility index (Phi) is 6.16. The van der Waals surface area contributed by atoms with Crippen LogP contribution < -0.4 is 4.74 Å². The van der Waals surface area contributed by atoms with Gasteiger partial charge >= 0.3 is 0 Å². The van der Waals surface area contributed by atoms with Crippen molar-refractivity contribution in [2.24, 2.45) is 0 Å². The number of rotatable bonds is 8. The number of hydrogen-bond acceptors (Lipinski definition) is 5. The number of carbonyl (C=O) groups is 1. The molecule has 2 aromatic carbocycles. The van der Waals surface area contributed by atoms with E-state index in [1.165, 1.54) is 0 Å². The summed E-state index contributed by atoms with van der Waals surface area (Å²) in [4.78, 5) is 16.6. The van der Waals surface area contributed by atoms with E-state index in [2.05, 4.69) is 0 Å². The minimum atomic E-state index is -0.169. The highest BCUT2D eigenvalue weighted by Crippen LogP contribution is 2.29. The largest absolute Gasteiger partial charge is 0.496 e. The van der Waals surface area contributed by atoms with Crippen molar-refractivity contribution in [3.05, 3.63) is 87.8 Å². The van der Waals surface area contributed by atoms with Crippen molar-refractivity contribution >= 4 is 28.2 Å². The molecule has 0 spiro atoms. The lowest BCUT2D eigenvalue weighted by molar-refractivity contribution is 0.0694. The Morgan fingerprint density at radius 1 is 1.00 bits per heavy atom. The van der Waals surface area contributed by atoms with Gasteiger partial charge in [0, 0.05) is 28.5 Å². The first-order valence-corrected chi connectivity index (χ1v) is 10.5. The van der Waals surface area contributed by atoms with E-state index in [1.54, 1.807) is 30.5 Å². The highest BCUT2D eigenvalue weighted by atomic mass is 32.1. The fourth-order valence-electron chi connectivity index (χ4n) is 3.53. The van der Waals surface area contributed by atoms with Crippen molar-refractivity contribution in [2.45, 2.75) is 19.7 Å². The highest BCUT2D eigenvalue weighted by molar-refractivity contribution is 7.09. The second-order valence-corrected chi connectivity index (χ2v) is 7.92. The monoisotopic (exact) mass is 421 g/mol. The molecule has 4 rings (SSSR count). The normalized spacial score (nSPS) is 11.0. The summed E-state index contributed by atoms with van der Waals surface area (Å²) in [5.74, 6) is 0.908. The Morgan fingerprint density at radius 3 is 2.57 bits per heavy atom. The van der Waals surface area contributed by atoms with E-state index in [9.17, 15) is 4.79 Å². The number of thiophene rings is 1. The smallest absolute Gasteiger partial charge is 0.290 e. The van der Waals surface area contributed by atoms with E-state index < -0.39 is 0 Å². The first-order valence-electron chi connectivity index (χ1n) is 9.64. The molecule has 154 valence electrons. The van der Waals surface area contributed by atoms with E-state index in [4.69, 9.17) is 13.9 Å². The van der Waals surface area contributed by atoms with Crippen LogP contribution in [0.25, 0.3) is 11.0 Å². The van der Waals surface area contributed by atoms with Crippen molar-refractivity contribution in [3.63, 3.8) is 0 Å². The van der Waals surface area contributed by atoms with Crippen LogP contribution in [-0.4, -0.2) is 25.0 Å². The predicted molar refractivity (Wildman–Crippen MR) is 118 cm³/mol. The van der Waals surface area contributed by atoms with Gasteiger partial charge in [-0.3, -0.25) is 4.79 Å². The Balaban J connectivity index is 1.74. The van der Waals surface area contributed by atoms with E-state index in [-0.39, 0.29) is 5.91 Å². The molecule has 0 fully saturated rings. The predicted octanol–water partition coefficient (Wildman–Crippen LogP) is 5.49. The molecule has 4 aromatic rings. The Labute approximate surface area is 179 Å². The number of carbonyl (C=O) groups excluding carboxylic acids is 1. The van der Waals surface area contributed by atoms with Crippen LogP contribution in [0.4, 0.5) is 0 Å². The van der Waals surface area contributed by atoms with Gasteiger partial charge in [-0.2, -0.15) is 0 Å². The number of methoxy groups -OCH3 is 2. The van der Waals surface area contributed by atoms with Crippen molar-refractivity contribution < 1.29 is 18.7 Å². The SMILES string of the molecule is COCc1c(C(=O)N(Cc2cccs2)Cc2ccccc2OC)oc2ccccc12. The summed E-state index contributed by atoms with van der Waals surface area (Å²) < 4.78 is 16.9. The Morgan fingerprint density at radius 2 is 1.80 bits per heavy atom. The molecular formula is C24H23NO4S. The maximum Gasteiger partial charge on any atom is 0.290 e. The number of fused-ring (bicyclic) bond motifs is 1. The number of nitrogens with zero attached hydrogens (tertiary/aromatic N) is 1. The molecule has 0 saturated heterocycles. The average molecular weight is 422 g/mol. The minimum Gasteiger partial charge on any atom is -0.496 e. The van der Waals surface area contributed by atoms with E-state index in [0.717, 1.165) is 27.1 Å². The van der Waals surface area contributed by atoms with Gasteiger partial charge < -0.3 is 18.8 Å². The molecule has 0 aliphatic carbocycles. The van der Waals surface area contributed by atoms with Gasteiger partial charge in [0.05, 0.1) is 26.8 Å². The zero-order valence-corrected chi connectivity index (χ0v) is 17.8. The summed E-state index contributed by atoms with van der Waals surface area (Å²) in [6, 6.07) is 19.4. The summed E-state index contributed by atoms with van der Waals surface area (Å²) in [6.07, 6.45) is 0. The summed E-state index contributed by atoms with van der Waals surface area (Å²) in [6.45, 7) is 1.20. The molecule has 0 radical (unpaired) electrons. The minimum absolute atomic E-state index is 0.169. The molecule has 30 heavy (non-hydrogen) atoms. The van der Waals surface area contributed by atoms with Gasteiger partial charge in [-0.15, -0.1) is 11.3 Å². The molecule has 1 amide bonds. The van der Waals surface area contributed by atoms with Gasteiger partial charge in [0.15, 0.2) is 5.76 Å². The second-order valence-electron chi connectivity index (χ2n) is 6.89. The van der Waals surface area contributed by atoms with Crippen molar-refractivity contribution in [1.82, 2.24) is 4.90 Å². The summed E-state index contributed by atoms with van der Waals surface area (Å²) in [5, 5.41) is 2.91. The highest BCUT2D eigenvalue weighted by Gasteiger charge is 2.26. The van der Waals surface area contributed by atoms with Gasteiger partial charge in [-0.05, 0) is 23.6 Å². The fraction of sp³-hybridized carbons (Fsp3) is 0.208. The van der Waals surface area contributed by atoms with E-state index in [1.807, 2.05) is 66.0 Å². The van der Waals surface area contributed by atoms with Gasteiger partial charge in [-0.1, -0.05) is 42.5 Å². The van der Waals surface area contributed by atoms with E-state index in [0.29, 0.717) is 31.0 Å². The van der Waals surface area contributed by atoms with Crippen LogP contribution in [0.1, 0.15) is 26.6 Å². The molecule has 2 heterocycles. The van der Waals surface area contributed by atoms with Crippen LogP contribution in [0.5, 0.6) is 5.75 Å². The molecule has 2 aromatic heterocycles. The molecular weight excluding hydrogens is 398 g/mol. The molecule has 0 saturated carbocycles. The Bertz CT molecular complexity index is 1130. The van der Waals surface area contributed by atoms with Crippen LogP contribution in [-0.2, 0) is 24.4 Å². The fourth-order valence-corrected chi connectivity index (χ4v) is 4.25. The summed E-state index contributed by atoms with van der Waals surface area (Å²) >= 11 is 1.62. The molecule has 0 aliphatic heterocycles. The lowest BCUT2D eigenvalue weighted by atomic mass is 10.1. The van der Waals surface area contributed by atoms with Gasteiger partial charge in [0.1, 0.15) is 11.3 Å². The average Bonchev–Trinajstić information content (AvgIpc) is 3.41. The van der Waals surface area contributed by atoms with Crippen LogP contribution in [0.2, 0.25) is 0 Å². The van der Waals surface area contributed by atoms with Crippen LogP contribution in [0.15, 0.2) is 70.5 Å². The van der Waals surface area contributed by atoms with Gasteiger partial charge in [0.2, 0.25) is 0 Å². The standard InChI is InChI=1S/C24H23NO4S/c1-27-16-20-19-10-4-6-12-22(19)29-23(20)24(26)25(15-18-9-7-13-30-18)14-17-8-3-5-11-21(17)28-2/h3-13H,14-16H2,1-2H3. The molecule has 0 bridgehead atoms. The van der Waals surface area contributed by atoms with Crippen LogP contribution in [0, 0.1) is 0 Å². The maximum absolute atomic E-state index is 13.7. The number of para-hydroxylation sites is 2. The zero-order valence-electron chi connectivity index (χ0n) is 17.0. The number of furan rings is 1. The van der Waals surface area contributed by atoms with Crippen LogP contribution >= 0.6 is 11.3 Å². The van der Waals surface area contributed by atoms with Crippen LogP contribution in [0.3, 0.4) is 0 Å².